The first-order chi connectivity index (χ1) is 14.5. The van der Waals surface area contributed by atoms with E-state index in [1.54, 1.807) is 16.9 Å². The molecule has 6 heteroatoms. The molecular formula is C24H34N4O2. The van der Waals surface area contributed by atoms with Crippen molar-refractivity contribution in [3.05, 3.63) is 53.9 Å². The number of hydrogen-bond donors (Lipinski definition) is 1. The van der Waals surface area contributed by atoms with E-state index in [-0.39, 0.29) is 17.6 Å². The molecule has 0 bridgehead atoms. The molecule has 1 aromatic heterocycles. The fraction of sp³-hybridized carbons (Fsp3) is 0.583. The number of aromatic nitrogens is 2. The highest BCUT2D eigenvalue weighted by Gasteiger charge is 2.42. The van der Waals surface area contributed by atoms with Gasteiger partial charge in [0.1, 0.15) is 5.69 Å². The predicted octanol–water partition coefficient (Wildman–Crippen LogP) is 3.36. The molecule has 162 valence electrons. The SMILES string of the molecule is C[C@@H](CCN1CCC2(CC[C@@H](CNC(=O)c3ccn(C)n3)O2)CC1)c1ccccc1. The molecule has 2 aromatic rings. The van der Waals surface area contributed by atoms with Gasteiger partial charge in [-0.05, 0) is 56.2 Å². The molecule has 0 saturated carbocycles. The molecule has 3 heterocycles. The van der Waals surface area contributed by atoms with Gasteiger partial charge >= 0.3 is 0 Å². The quantitative estimate of drug-likeness (QED) is 0.760. The van der Waals surface area contributed by atoms with Crippen LogP contribution in [0.5, 0.6) is 0 Å². The third-order valence-corrected chi connectivity index (χ3v) is 6.79. The summed E-state index contributed by atoms with van der Waals surface area (Å²) in [5.41, 5.74) is 1.91. The number of nitrogens with zero attached hydrogens (tertiary/aromatic N) is 3. The van der Waals surface area contributed by atoms with Gasteiger partial charge in [-0.2, -0.15) is 5.10 Å². The molecule has 4 rings (SSSR count). The number of piperidine rings is 1. The van der Waals surface area contributed by atoms with E-state index in [1.165, 1.54) is 12.0 Å². The molecule has 2 fully saturated rings. The van der Waals surface area contributed by atoms with Gasteiger partial charge in [0.2, 0.25) is 0 Å². The van der Waals surface area contributed by atoms with E-state index in [0.717, 1.165) is 45.3 Å². The molecule has 1 N–H and O–H groups in total. The first-order valence-electron chi connectivity index (χ1n) is 11.3. The summed E-state index contributed by atoms with van der Waals surface area (Å²) >= 11 is 0. The van der Waals surface area contributed by atoms with Crippen LogP contribution in [0.2, 0.25) is 0 Å². The number of carbonyl (C=O) groups excluding carboxylic acids is 1. The van der Waals surface area contributed by atoms with Gasteiger partial charge in [0.25, 0.3) is 5.91 Å². The lowest BCUT2D eigenvalue weighted by Crippen LogP contribution is -2.45. The lowest BCUT2D eigenvalue weighted by atomic mass is 9.88. The molecule has 2 aliphatic rings. The van der Waals surface area contributed by atoms with Gasteiger partial charge in [0, 0.05) is 32.9 Å². The normalized spacial score (nSPS) is 22.3. The number of ether oxygens (including phenoxy) is 1. The molecule has 1 amide bonds. The van der Waals surface area contributed by atoms with Crippen LogP contribution in [0.3, 0.4) is 0 Å². The molecule has 0 radical (unpaired) electrons. The maximum atomic E-state index is 12.2. The van der Waals surface area contributed by atoms with Crippen LogP contribution < -0.4 is 5.32 Å². The van der Waals surface area contributed by atoms with E-state index in [9.17, 15) is 4.79 Å². The van der Waals surface area contributed by atoms with Crippen molar-refractivity contribution in [2.75, 3.05) is 26.2 Å². The summed E-state index contributed by atoms with van der Waals surface area (Å²) in [5, 5.41) is 7.14. The van der Waals surface area contributed by atoms with Crippen LogP contribution in [0.1, 0.15) is 61.0 Å². The van der Waals surface area contributed by atoms with Crippen LogP contribution in [0, 0.1) is 0 Å². The number of aryl methyl sites for hydroxylation is 1. The largest absolute Gasteiger partial charge is 0.370 e. The van der Waals surface area contributed by atoms with E-state index < -0.39 is 0 Å². The average Bonchev–Trinajstić information content (AvgIpc) is 3.39. The van der Waals surface area contributed by atoms with Crippen LogP contribution in [0.15, 0.2) is 42.6 Å². The van der Waals surface area contributed by atoms with Gasteiger partial charge in [-0.25, -0.2) is 0 Å². The van der Waals surface area contributed by atoms with Gasteiger partial charge in [-0.1, -0.05) is 37.3 Å². The van der Waals surface area contributed by atoms with Crippen LogP contribution in [0.4, 0.5) is 0 Å². The van der Waals surface area contributed by atoms with Gasteiger partial charge in [-0.15, -0.1) is 0 Å². The average molecular weight is 411 g/mol. The monoisotopic (exact) mass is 410 g/mol. The second-order valence-electron chi connectivity index (χ2n) is 8.99. The molecule has 0 unspecified atom stereocenters. The number of carbonyl (C=O) groups is 1. The van der Waals surface area contributed by atoms with Gasteiger partial charge in [0.15, 0.2) is 0 Å². The van der Waals surface area contributed by atoms with E-state index in [1.807, 2.05) is 7.05 Å². The Morgan fingerprint density at radius 1 is 1.23 bits per heavy atom. The zero-order valence-electron chi connectivity index (χ0n) is 18.2. The van der Waals surface area contributed by atoms with Crippen LogP contribution in [-0.4, -0.2) is 58.5 Å². The van der Waals surface area contributed by atoms with Crippen molar-refractivity contribution < 1.29 is 9.53 Å². The Kier molecular flexibility index (Phi) is 6.54. The Bertz CT molecular complexity index is 827. The zero-order valence-corrected chi connectivity index (χ0v) is 18.2. The summed E-state index contributed by atoms with van der Waals surface area (Å²) in [6.45, 7) is 6.25. The third kappa shape index (κ3) is 5.10. The molecule has 6 nitrogen and oxygen atoms in total. The third-order valence-electron chi connectivity index (χ3n) is 6.79. The second kappa shape index (κ2) is 9.31. The Morgan fingerprint density at radius 3 is 2.70 bits per heavy atom. The first kappa shape index (κ1) is 21.1. The summed E-state index contributed by atoms with van der Waals surface area (Å²) < 4.78 is 8.10. The van der Waals surface area contributed by atoms with Crippen molar-refractivity contribution in [3.8, 4) is 0 Å². The smallest absolute Gasteiger partial charge is 0.271 e. The number of amides is 1. The Hall–Kier alpha value is -2.18. The molecule has 2 saturated heterocycles. The van der Waals surface area contributed by atoms with Crippen molar-refractivity contribution >= 4 is 5.91 Å². The second-order valence-corrected chi connectivity index (χ2v) is 8.99. The molecular weight excluding hydrogens is 376 g/mol. The van der Waals surface area contributed by atoms with Crippen molar-refractivity contribution in [3.63, 3.8) is 0 Å². The molecule has 2 aliphatic heterocycles. The number of hydrogen-bond acceptors (Lipinski definition) is 4. The lowest BCUT2D eigenvalue weighted by Gasteiger charge is -2.39. The number of rotatable bonds is 7. The summed E-state index contributed by atoms with van der Waals surface area (Å²) in [6.07, 6.45) is 7.40. The lowest BCUT2D eigenvalue weighted by molar-refractivity contribution is -0.0755. The van der Waals surface area contributed by atoms with Crippen molar-refractivity contribution in [2.24, 2.45) is 7.05 Å². The van der Waals surface area contributed by atoms with Crippen LogP contribution in [-0.2, 0) is 11.8 Å². The van der Waals surface area contributed by atoms with E-state index in [0.29, 0.717) is 18.2 Å². The van der Waals surface area contributed by atoms with Crippen LogP contribution >= 0.6 is 0 Å². The molecule has 1 spiro atoms. The van der Waals surface area contributed by atoms with E-state index in [2.05, 4.69) is 52.6 Å². The van der Waals surface area contributed by atoms with Gasteiger partial charge in [-0.3, -0.25) is 9.48 Å². The van der Waals surface area contributed by atoms with Crippen molar-refractivity contribution in [1.82, 2.24) is 20.0 Å². The first-order valence-corrected chi connectivity index (χ1v) is 11.3. The minimum atomic E-state index is -0.123. The molecule has 2 atom stereocenters. The molecule has 30 heavy (non-hydrogen) atoms. The molecule has 0 aliphatic carbocycles. The summed E-state index contributed by atoms with van der Waals surface area (Å²) in [4.78, 5) is 14.8. The minimum Gasteiger partial charge on any atom is -0.370 e. The highest BCUT2D eigenvalue weighted by atomic mass is 16.5. The topological polar surface area (TPSA) is 59.4 Å². The Morgan fingerprint density at radius 2 is 2.00 bits per heavy atom. The molecule has 1 aromatic carbocycles. The summed E-state index contributed by atoms with van der Waals surface area (Å²) in [5.74, 6) is 0.472. The number of likely N-dealkylation sites (tertiary alicyclic amines) is 1. The predicted molar refractivity (Wildman–Crippen MR) is 118 cm³/mol. The standard InChI is InChI=1S/C24H34N4O2/c1-19(20-6-4-3-5-7-20)9-15-28-16-12-24(13-17-28)11-8-21(30-24)18-25-23(29)22-10-14-27(2)26-22/h3-7,10,14,19,21H,8-9,11-13,15-18H2,1-2H3,(H,25,29)/t19-,21-/m0/s1. The van der Waals surface area contributed by atoms with Gasteiger partial charge in [0.05, 0.1) is 11.7 Å². The highest BCUT2D eigenvalue weighted by molar-refractivity contribution is 5.92. The van der Waals surface area contributed by atoms with Crippen molar-refractivity contribution in [2.45, 2.75) is 56.7 Å². The highest BCUT2D eigenvalue weighted by Crippen LogP contribution is 2.39. The summed E-state index contributed by atoms with van der Waals surface area (Å²) in [6, 6.07) is 12.5. The number of nitrogens with one attached hydrogen (secondary N) is 1. The Balaban J connectivity index is 1.18. The Labute approximate surface area is 179 Å². The van der Waals surface area contributed by atoms with E-state index >= 15 is 0 Å². The van der Waals surface area contributed by atoms with E-state index in [4.69, 9.17) is 4.74 Å². The number of benzene rings is 1. The minimum absolute atomic E-state index is 0.0158. The van der Waals surface area contributed by atoms with Gasteiger partial charge < -0.3 is 15.0 Å². The maximum Gasteiger partial charge on any atom is 0.271 e. The van der Waals surface area contributed by atoms with Crippen LogP contribution in [0.25, 0.3) is 0 Å². The maximum absolute atomic E-state index is 12.2. The fourth-order valence-electron chi connectivity index (χ4n) is 4.75. The van der Waals surface area contributed by atoms with Crippen molar-refractivity contribution in [1.29, 1.82) is 0 Å². The zero-order chi connectivity index (χ0) is 21.0. The fourth-order valence-corrected chi connectivity index (χ4v) is 4.75. The summed E-state index contributed by atoms with van der Waals surface area (Å²) in [7, 11) is 1.81.